The maximum absolute atomic E-state index is 13.4. The molecule has 3 nitrogen and oxygen atoms in total. The Morgan fingerprint density at radius 1 is 1.41 bits per heavy atom. The van der Waals surface area contributed by atoms with Crippen molar-refractivity contribution in [2.75, 3.05) is 6.61 Å². The summed E-state index contributed by atoms with van der Waals surface area (Å²) in [5, 5.41) is 8.81. The van der Waals surface area contributed by atoms with E-state index in [1.807, 2.05) is 0 Å². The fourth-order valence-electron chi connectivity index (χ4n) is 1.46. The van der Waals surface area contributed by atoms with Crippen LogP contribution in [0.1, 0.15) is 42.1 Å². The van der Waals surface area contributed by atoms with Gasteiger partial charge in [0, 0.05) is 5.56 Å². The van der Waals surface area contributed by atoms with Gasteiger partial charge in [0.05, 0.1) is 12.2 Å². The molecule has 17 heavy (non-hydrogen) atoms. The van der Waals surface area contributed by atoms with Gasteiger partial charge in [0.15, 0.2) is 0 Å². The molecule has 1 aromatic rings. The van der Waals surface area contributed by atoms with Crippen LogP contribution in [0, 0.1) is 12.7 Å². The first kappa shape index (κ1) is 13.5. The summed E-state index contributed by atoms with van der Waals surface area (Å²) in [6.07, 6.45) is 3.00. The first-order valence-corrected chi connectivity index (χ1v) is 5.72. The van der Waals surface area contributed by atoms with Gasteiger partial charge >= 0.3 is 5.97 Å². The molecule has 0 aromatic heterocycles. The lowest BCUT2D eigenvalue weighted by Crippen LogP contribution is -2.04. The van der Waals surface area contributed by atoms with Gasteiger partial charge in [-0.1, -0.05) is 19.8 Å². The quantitative estimate of drug-likeness (QED) is 0.775. The molecular weight excluding hydrogens is 223 g/mol. The van der Waals surface area contributed by atoms with Crippen LogP contribution < -0.4 is 4.74 Å². The molecule has 0 amide bonds. The van der Waals surface area contributed by atoms with Gasteiger partial charge in [0.25, 0.3) is 0 Å². The van der Waals surface area contributed by atoms with E-state index in [1.165, 1.54) is 6.07 Å². The normalized spacial score (nSPS) is 10.3. The predicted molar refractivity (Wildman–Crippen MR) is 63.1 cm³/mol. The SMILES string of the molecule is CCCCCOc1cc(C(=O)O)cc(F)c1C. The van der Waals surface area contributed by atoms with Gasteiger partial charge in [-0.15, -0.1) is 0 Å². The van der Waals surface area contributed by atoms with Crippen LogP contribution in [0.3, 0.4) is 0 Å². The number of hydrogen-bond acceptors (Lipinski definition) is 2. The van der Waals surface area contributed by atoms with E-state index in [9.17, 15) is 9.18 Å². The molecule has 1 N–H and O–H groups in total. The molecule has 4 heteroatoms. The van der Waals surface area contributed by atoms with Crippen molar-refractivity contribution in [2.24, 2.45) is 0 Å². The highest BCUT2D eigenvalue weighted by Gasteiger charge is 2.12. The molecule has 0 atom stereocenters. The summed E-state index contributed by atoms with van der Waals surface area (Å²) < 4.78 is 18.8. The third kappa shape index (κ3) is 3.73. The highest BCUT2D eigenvalue weighted by atomic mass is 19.1. The largest absolute Gasteiger partial charge is 0.493 e. The number of benzene rings is 1. The summed E-state index contributed by atoms with van der Waals surface area (Å²) in [5.74, 6) is -1.38. The maximum Gasteiger partial charge on any atom is 0.335 e. The maximum atomic E-state index is 13.4. The van der Waals surface area contributed by atoms with E-state index in [-0.39, 0.29) is 5.56 Å². The highest BCUT2D eigenvalue weighted by Crippen LogP contribution is 2.23. The second-order valence-electron chi connectivity index (χ2n) is 3.94. The number of carboxylic acid groups (broad SMARTS) is 1. The molecule has 94 valence electrons. The molecule has 0 saturated carbocycles. The zero-order valence-electron chi connectivity index (χ0n) is 10.1. The number of carbonyl (C=O) groups is 1. The Morgan fingerprint density at radius 3 is 2.71 bits per heavy atom. The van der Waals surface area contributed by atoms with Gasteiger partial charge in [-0.3, -0.25) is 0 Å². The molecule has 0 fully saturated rings. The Kier molecular flexibility index (Phi) is 4.94. The van der Waals surface area contributed by atoms with Crippen LogP contribution >= 0.6 is 0 Å². The molecule has 0 aliphatic carbocycles. The Balaban J connectivity index is 2.79. The van der Waals surface area contributed by atoms with E-state index >= 15 is 0 Å². The number of rotatable bonds is 6. The Labute approximate surface area is 100 Å². The van der Waals surface area contributed by atoms with Crippen molar-refractivity contribution in [3.8, 4) is 5.75 Å². The Morgan fingerprint density at radius 2 is 2.12 bits per heavy atom. The first-order chi connectivity index (χ1) is 8.06. The van der Waals surface area contributed by atoms with E-state index in [1.54, 1.807) is 6.92 Å². The van der Waals surface area contributed by atoms with Gasteiger partial charge < -0.3 is 9.84 Å². The van der Waals surface area contributed by atoms with Crippen molar-refractivity contribution in [1.82, 2.24) is 0 Å². The fourth-order valence-corrected chi connectivity index (χ4v) is 1.46. The third-order valence-corrected chi connectivity index (χ3v) is 2.55. The molecule has 0 unspecified atom stereocenters. The predicted octanol–water partition coefficient (Wildman–Crippen LogP) is 3.40. The number of hydrogen-bond donors (Lipinski definition) is 1. The van der Waals surface area contributed by atoms with Crippen molar-refractivity contribution >= 4 is 5.97 Å². The van der Waals surface area contributed by atoms with Gasteiger partial charge in [0.1, 0.15) is 11.6 Å². The summed E-state index contributed by atoms with van der Waals surface area (Å²) in [4.78, 5) is 10.8. The smallest absolute Gasteiger partial charge is 0.335 e. The lowest BCUT2D eigenvalue weighted by Gasteiger charge is -2.10. The van der Waals surface area contributed by atoms with Gasteiger partial charge in [-0.05, 0) is 25.5 Å². The Hall–Kier alpha value is -1.58. The average molecular weight is 240 g/mol. The average Bonchev–Trinajstić information content (AvgIpc) is 2.29. The number of aromatic carboxylic acids is 1. The molecule has 0 saturated heterocycles. The number of ether oxygens (including phenoxy) is 1. The zero-order chi connectivity index (χ0) is 12.8. The molecule has 0 aliphatic heterocycles. The van der Waals surface area contributed by atoms with Crippen molar-refractivity contribution in [1.29, 1.82) is 0 Å². The standard InChI is InChI=1S/C13H17FO3/c1-3-4-5-6-17-12-8-10(13(15)16)7-11(14)9(12)2/h7-8H,3-6H2,1-2H3,(H,15,16). The number of unbranched alkanes of at least 4 members (excludes halogenated alkanes) is 2. The number of carboxylic acids is 1. The van der Waals surface area contributed by atoms with Crippen LogP contribution in [-0.4, -0.2) is 17.7 Å². The van der Waals surface area contributed by atoms with E-state index in [0.717, 1.165) is 25.3 Å². The third-order valence-electron chi connectivity index (χ3n) is 2.55. The van der Waals surface area contributed by atoms with Gasteiger partial charge in [-0.2, -0.15) is 0 Å². The van der Waals surface area contributed by atoms with Crippen LogP contribution in [0.2, 0.25) is 0 Å². The minimum Gasteiger partial charge on any atom is -0.493 e. The van der Waals surface area contributed by atoms with Crippen LogP contribution in [0.4, 0.5) is 4.39 Å². The second kappa shape index (κ2) is 6.23. The van der Waals surface area contributed by atoms with E-state index < -0.39 is 11.8 Å². The summed E-state index contributed by atoms with van der Waals surface area (Å²) in [6, 6.07) is 2.38. The van der Waals surface area contributed by atoms with Crippen LogP contribution in [0.25, 0.3) is 0 Å². The molecular formula is C13H17FO3. The first-order valence-electron chi connectivity index (χ1n) is 5.72. The summed E-state index contributed by atoms with van der Waals surface area (Å²) in [5.41, 5.74) is 0.269. The summed E-state index contributed by atoms with van der Waals surface area (Å²) in [6.45, 7) is 4.14. The van der Waals surface area contributed by atoms with Crippen LogP contribution in [-0.2, 0) is 0 Å². The summed E-state index contributed by atoms with van der Waals surface area (Å²) in [7, 11) is 0. The van der Waals surface area contributed by atoms with Crippen LogP contribution in [0.15, 0.2) is 12.1 Å². The topological polar surface area (TPSA) is 46.5 Å². The molecule has 0 bridgehead atoms. The fraction of sp³-hybridized carbons (Fsp3) is 0.462. The van der Waals surface area contributed by atoms with Crippen molar-refractivity contribution in [3.05, 3.63) is 29.1 Å². The van der Waals surface area contributed by atoms with Crippen molar-refractivity contribution in [2.45, 2.75) is 33.1 Å². The van der Waals surface area contributed by atoms with E-state index in [2.05, 4.69) is 6.92 Å². The molecule has 0 radical (unpaired) electrons. The lowest BCUT2D eigenvalue weighted by molar-refractivity contribution is 0.0695. The van der Waals surface area contributed by atoms with Gasteiger partial charge in [0.2, 0.25) is 0 Å². The molecule has 0 spiro atoms. The van der Waals surface area contributed by atoms with Crippen molar-refractivity contribution in [3.63, 3.8) is 0 Å². The number of halogens is 1. The highest BCUT2D eigenvalue weighted by molar-refractivity contribution is 5.88. The van der Waals surface area contributed by atoms with E-state index in [4.69, 9.17) is 9.84 Å². The molecule has 0 heterocycles. The zero-order valence-corrected chi connectivity index (χ0v) is 10.1. The van der Waals surface area contributed by atoms with E-state index in [0.29, 0.717) is 17.9 Å². The van der Waals surface area contributed by atoms with Crippen molar-refractivity contribution < 1.29 is 19.0 Å². The monoisotopic (exact) mass is 240 g/mol. The molecule has 1 rings (SSSR count). The minimum absolute atomic E-state index is 0.0846. The summed E-state index contributed by atoms with van der Waals surface area (Å²) >= 11 is 0. The lowest BCUT2D eigenvalue weighted by atomic mass is 10.1. The van der Waals surface area contributed by atoms with Gasteiger partial charge in [-0.25, -0.2) is 9.18 Å². The minimum atomic E-state index is -1.15. The second-order valence-corrected chi connectivity index (χ2v) is 3.94. The molecule has 0 aliphatic rings. The van der Waals surface area contributed by atoms with Crippen LogP contribution in [0.5, 0.6) is 5.75 Å². The Bertz CT molecular complexity index is 402. The molecule has 1 aromatic carbocycles.